The summed E-state index contributed by atoms with van der Waals surface area (Å²) in [6.07, 6.45) is -0.0736. The zero-order chi connectivity index (χ0) is 23.4. The first-order valence-corrected chi connectivity index (χ1v) is 10.5. The number of methoxy groups -OCH3 is 3. The van der Waals surface area contributed by atoms with E-state index < -0.39 is 11.9 Å². The summed E-state index contributed by atoms with van der Waals surface area (Å²) in [6.45, 7) is 3.81. The number of halogens is 1. The van der Waals surface area contributed by atoms with Crippen molar-refractivity contribution in [1.29, 1.82) is 0 Å². The first kappa shape index (κ1) is 23.3. The Kier molecular flexibility index (Phi) is 7.19. The Balaban J connectivity index is 2.35. The molecular formula is C23H23BrN2O6. The van der Waals surface area contributed by atoms with Gasteiger partial charge < -0.3 is 18.9 Å². The molecule has 0 unspecified atom stereocenters. The van der Waals surface area contributed by atoms with Gasteiger partial charge in [-0.05, 0) is 54.0 Å². The number of ether oxygens (including phenoxy) is 4. The van der Waals surface area contributed by atoms with Gasteiger partial charge in [0.1, 0.15) is 11.3 Å². The smallest absolute Gasteiger partial charge is 0.357 e. The van der Waals surface area contributed by atoms with Gasteiger partial charge in [-0.25, -0.2) is 14.3 Å². The zero-order valence-corrected chi connectivity index (χ0v) is 19.9. The third kappa shape index (κ3) is 4.47. The maximum atomic E-state index is 12.8. The second kappa shape index (κ2) is 9.86. The van der Waals surface area contributed by atoms with E-state index in [0.717, 1.165) is 0 Å². The number of aromatic nitrogens is 2. The molecule has 9 heteroatoms. The summed E-state index contributed by atoms with van der Waals surface area (Å²) < 4.78 is 23.2. The van der Waals surface area contributed by atoms with Crippen molar-refractivity contribution in [1.82, 2.24) is 9.78 Å². The lowest BCUT2D eigenvalue weighted by atomic mass is 10.0. The number of esters is 2. The summed E-state index contributed by atoms with van der Waals surface area (Å²) in [5.41, 5.74) is 1.24. The lowest BCUT2D eigenvalue weighted by molar-refractivity contribution is 0.0549. The standard InChI is InChI=1S/C23H23BrN2O6/c1-13(2)32-18-12-16(24)15(11-17(18)29-3)20-19(22(27)30-4)21(23(28)31-5)26(25-20)14-9-7-6-8-10-14/h6-13H,1-5H3. The summed E-state index contributed by atoms with van der Waals surface area (Å²) in [5, 5.41) is 4.60. The molecule has 3 rings (SSSR count). The molecule has 0 saturated carbocycles. The summed E-state index contributed by atoms with van der Waals surface area (Å²) >= 11 is 3.53. The molecule has 0 aliphatic heterocycles. The molecular weight excluding hydrogens is 480 g/mol. The molecule has 0 amide bonds. The van der Waals surface area contributed by atoms with E-state index >= 15 is 0 Å². The summed E-state index contributed by atoms with van der Waals surface area (Å²) in [7, 11) is 3.99. The summed E-state index contributed by atoms with van der Waals surface area (Å²) in [4.78, 5) is 25.5. The quantitative estimate of drug-likeness (QED) is 0.433. The number of para-hydroxylation sites is 1. The van der Waals surface area contributed by atoms with Crippen LogP contribution in [0, 0.1) is 0 Å². The van der Waals surface area contributed by atoms with Crippen LogP contribution in [0.5, 0.6) is 11.5 Å². The fraction of sp³-hybridized carbons (Fsp3) is 0.261. The number of benzene rings is 2. The van der Waals surface area contributed by atoms with Crippen LogP contribution in [0.25, 0.3) is 16.9 Å². The fourth-order valence-corrected chi connectivity index (χ4v) is 3.68. The van der Waals surface area contributed by atoms with E-state index in [1.807, 2.05) is 19.9 Å². The van der Waals surface area contributed by atoms with Crippen LogP contribution in [0.15, 0.2) is 46.9 Å². The lowest BCUT2D eigenvalue weighted by Crippen LogP contribution is -2.15. The monoisotopic (exact) mass is 502 g/mol. The highest BCUT2D eigenvalue weighted by Gasteiger charge is 2.32. The molecule has 0 saturated heterocycles. The van der Waals surface area contributed by atoms with Gasteiger partial charge in [0, 0.05) is 10.0 Å². The van der Waals surface area contributed by atoms with Gasteiger partial charge in [0.25, 0.3) is 0 Å². The Labute approximate surface area is 194 Å². The predicted molar refractivity (Wildman–Crippen MR) is 122 cm³/mol. The van der Waals surface area contributed by atoms with Crippen LogP contribution in [0.4, 0.5) is 0 Å². The first-order chi connectivity index (χ1) is 15.3. The van der Waals surface area contributed by atoms with E-state index in [4.69, 9.17) is 18.9 Å². The molecule has 0 radical (unpaired) electrons. The van der Waals surface area contributed by atoms with Crippen molar-refractivity contribution in [2.75, 3.05) is 21.3 Å². The zero-order valence-electron chi connectivity index (χ0n) is 18.3. The van der Waals surface area contributed by atoms with Gasteiger partial charge in [-0.15, -0.1) is 0 Å². The molecule has 168 valence electrons. The van der Waals surface area contributed by atoms with Crippen LogP contribution >= 0.6 is 15.9 Å². The fourth-order valence-electron chi connectivity index (χ4n) is 3.17. The number of carbonyl (C=O) groups is 2. The van der Waals surface area contributed by atoms with Crippen LogP contribution in [-0.2, 0) is 9.47 Å². The Morgan fingerprint density at radius 2 is 1.62 bits per heavy atom. The van der Waals surface area contributed by atoms with E-state index in [2.05, 4.69) is 21.0 Å². The third-order valence-corrected chi connectivity index (χ3v) is 5.18. The van der Waals surface area contributed by atoms with Gasteiger partial charge in [-0.3, -0.25) is 0 Å². The summed E-state index contributed by atoms with van der Waals surface area (Å²) in [6, 6.07) is 12.4. The highest BCUT2D eigenvalue weighted by atomic mass is 79.9. The van der Waals surface area contributed by atoms with Crippen LogP contribution in [0.2, 0.25) is 0 Å². The number of hydrogen-bond donors (Lipinski definition) is 0. The maximum Gasteiger partial charge on any atom is 0.357 e. The van der Waals surface area contributed by atoms with E-state index in [-0.39, 0.29) is 23.1 Å². The van der Waals surface area contributed by atoms with Gasteiger partial charge in [0.2, 0.25) is 0 Å². The molecule has 0 fully saturated rings. The minimum Gasteiger partial charge on any atom is -0.493 e. The predicted octanol–water partition coefficient (Wildman–Crippen LogP) is 4.67. The van der Waals surface area contributed by atoms with Gasteiger partial charge in [-0.1, -0.05) is 18.2 Å². The molecule has 1 aromatic heterocycles. The molecule has 8 nitrogen and oxygen atoms in total. The molecule has 32 heavy (non-hydrogen) atoms. The average molecular weight is 503 g/mol. The Hall–Kier alpha value is -3.33. The molecule has 0 aliphatic rings. The molecule has 1 heterocycles. The van der Waals surface area contributed by atoms with E-state index in [0.29, 0.717) is 27.2 Å². The van der Waals surface area contributed by atoms with Crippen LogP contribution < -0.4 is 9.47 Å². The first-order valence-electron chi connectivity index (χ1n) is 9.72. The van der Waals surface area contributed by atoms with Crippen molar-refractivity contribution in [3.05, 3.63) is 58.2 Å². The normalized spacial score (nSPS) is 10.7. The molecule has 0 aliphatic carbocycles. The molecule has 0 spiro atoms. The Morgan fingerprint density at radius 1 is 0.969 bits per heavy atom. The van der Waals surface area contributed by atoms with E-state index in [1.54, 1.807) is 36.4 Å². The Bertz CT molecular complexity index is 1140. The van der Waals surface area contributed by atoms with Crippen LogP contribution in [0.3, 0.4) is 0 Å². The van der Waals surface area contributed by atoms with Gasteiger partial charge in [-0.2, -0.15) is 5.10 Å². The SMILES string of the molecule is COC(=O)c1c(-c2cc(OC)c(OC(C)C)cc2Br)nn(-c2ccccc2)c1C(=O)OC. The highest BCUT2D eigenvalue weighted by Crippen LogP contribution is 2.41. The van der Waals surface area contributed by atoms with Gasteiger partial charge in [0.15, 0.2) is 17.2 Å². The average Bonchev–Trinajstić information content (AvgIpc) is 3.18. The summed E-state index contributed by atoms with van der Waals surface area (Å²) in [5.74, 6) is -0.484. The molecule has 2 aromatic carbocycles. The molecule has 3 aromatic rings. The minimum atomic E-state index is -0.726. The number of hydrogen-bond acceptors (Lipinski definition) is 7. The van der Waals surface area contributed by atoms with E-state index in [1.165, 1.54) is 26.0 Å². The second-order valence-corrected chi connectivity index (χ2v) is 7.81. The topological polar surface area (TPSA) is 88.9 Å². The largest absolute Gasteiger partial charge is 0.493 e. The van der Waals surface area contributed by atoms with Crippen LogP contribution in [-0.4, -0.2) is 49.2 Å². The highest BCUT2D eigenvalue weighted by molar-refractivity contribution is 9.10. The molecule has 0 N–H and O–H groups in total. The molecule has 0 atom stereocenters. The van der Waals surface area contributed by atoms with Gasteiger partial charge >= 0.3 is 11.9 Å². The van der Waals surface area contributed by atoms with Crippen LogP contribution in [0.1, 0.15) is 34.7 Å². The number of carbonyl (C=O) groups excluding carboxylic acids is 2. The lowest BCUT2D eigenvalue weighted by Gasteiger charge is -2.15. The molecule has 0 bridgehead atoms. The van der Waals surface area contributed by atoms with Gasteiger partial charge in [0.05, 0.1) is 33.1 Å². The maximum absolute atomic E-state index is 12.8. The van der Waals surface area contributed by atoms with Crippen molar-refractivity contribution >= 4 is 27.9 Å². The number of rotatable bonds is 7. The van der Waals surface area contributed by atoms with Crippen molar-refractivity contribution in [2.24, 2.45) is 0 Å². The van der Waals surface area contributed by atoms with E-state index in [9.17, 15) is 9.59 Å². The Morgan fingerprint density at radius 3 is 2.19 bits per heavy atom. The number of nitrogens with zero attached hydrogens (tertiary/aromatic N) is 2. The van der Waals surface area contributed by atoms with Crippen molar-refractivity contribution < 1.29 is 28.5 Å². The van der Waals surface area contributed by atoms with Crippen molar-refractivity contribution in [2.45, 2.75) is 20.0 Å². The third-order valence-electron chi connectivity index (χ3n) is 4.53. The second-order valence-electron chi connectivity index (χ2n) is 6.95. The van der Waals surface area contributed by atoms with Crippen molar-refractivity contribution in [3.8, 4) is 28.4 Å². The minimum absolute atomic E-state index is 0.0246. The van der Waals surface area contributed by atoms with Crippen molar-refractivity contribution in [3.63, 3.8) is 0 Å².